The number of nitrogens with zero attached hydrogens (tertiary/aromatic N) is 2. The van der Waals surface area contributed by atoms with Crippen LogP contribution in [0.1, 0.15) is 23.4 Å². The van der Waals surface area contributed by atoms with Crippen LogP contribution in [0.3, 0.4) is 0 Å². The summed E-state index contributed by atoms with van der Waals surface area (Å²) in [6.07, 6.45) is -2.55. The molecule has 15 heavy (non-hydrogen) atoms. The maximum atomic E-state index is 12.6. The van der Waals surface area contributed by atoms with Crippen molar-refractivity contribution in [3.63, 3.8) is 0 Å². The van der Waals surface area contributed by atoms with Crippen molar-refractivity contribution in [3.8, 4) is 6.07 Å². The van der Waals surface area contributed by atoms with Gasteiger partial charge < -0.3 is 5.73 Å². The van der Waals surface area contributed by atoms with Crippen molar-refractivity contribution in [1.82, 2.24) is 4.98 Å². The van der Waals surface area contributed by atoms with Gasteiger partial charge in [-0.1, -0.05) is 15.9 Å². The first kappa shape index (κ1) is 12.0. The van der Waals surface area contributed by atoms with Gasteiger partial charge in [0.05, 0.1) is 29.4 Å². The first-order chi connectivity index (χ1) is 7.10. The number of aromatic nitrogens is 1. The van der Waals surface area contributed by atoms with Crippen molar-refractivity contribution >= 4 is 15.9 Å². The number of nitriles is 1. The molecule has 0 aliphatic rings. The summed E-state index contributed by atoms with van der Waals surface area (Å²) in [4.78, 5) is 3.91. The van der Waals surface area contributed by atoms with E-state index in [1.807, 2.05) is 6.07 Å². The van der Waals surface area contributed by atoms with Gasteiger partial charge in [0.1, 0.15) is 0 Å². The minimum Gasteiger partial charge on any atom is -0.325 e. The molecule has 0 saturated heterocycles. The average Bonchev–Trinajstić information content (AvgIpc) is 2.16. The molecule has 0 aliphatic carbocycles. The molecule has 6 heteroatoms. The fraction of sp³-hybridized carbons (Fsp3) is 0.333. The van der Waals surface area contributed by atoms with E-state index in [0.717, 1.165) is 0 Å². The van der Waals surface area contributed by atoms with Gasteiger partial charge in [-0.05, 0) is 6.07 Å². The van der Waals surface area contributed by atoms with Crippen LogP contribution in [0.4, 0.5) is 8.78 Å². The Morgan fingerprint density at radius 3 is 2.73 bits per heavy atom. The lowest BCUT2D eigenvalue weighted by Crippen LogP contribution is -2.08. The number of alkyl halides is 2. The zero-order chi connectivity index (χ0) is 11.4. The zero-order valence-electron chi connectivity index (χ0n) is 7.67. The Balaban J connectivity index is 3.25. The SMILES string of the molecule is N#CCc1cc(Br)c(C(F)F)c(CN)n1. The second-order valence-corrected chi connectivity index (χ2v) is 3.65. The van der Waals surface area contributed by atoms with Gasteiger partial charge in [-0.2, -0.15) is 5.26 Å². The van der Waals surface area contributed by atoms with E-state index >= 15 is 0 Å². The molecule has 1 heterocycles. The van der Waals surface area contributed by atoms with Crippen LogP contribution >= 0.6 is 15.9 Å². The van der Waals surface area contributed by atoms with E-state index in [9.17, 15) is 8.78 Å². The van der Waals surface area contributed by atoms with Gasteiger partial charge >= 0.3 is 0 Å². The predicted octanol–water partition coefficient (Wildman–Crippen LogP) is 2.31. The molecule has 0 unspecified atom stereocenters. The van der Waals surface area contributed by atoms with Crippen LogP contribution in [0, 0.1) is 11.3 Å². The molecule has 0 aromatic carbocycles. The zero-order valence-corrected chi connectivity index (χ0v) is 9.26. The molecular weight excluding hydrogens is 268 g/mol. The van der Waals surface area contributed by atoms with Crippen LogP contribution in [0.2, 0.25) is 0 Å². The van der Waals surface area contributed by atoms with E-state index in [0.29, 0.717) is 5.69 Å². The summed E-state index contributed by atoms with van der Waals surface area (Å²) in [5, 5.41) is 8.47. The standard InChI is InChI=1S/C9H8BrF2N3/c10-6-3-5(1-2-13)15-7(4-14)8(6)9(11)12/h3,9H,1,4,14H2. The second-order valence-electron chi connectivity index (χ2n) is 2.80. The van der Waals surface area contributed by atoms with Crippen LogP contribution in [-0.2, 0) is 13.0 Å². The highest BCUT2D eigenvalue weighted by molar-refractivity contribution is 9.10. The largest absolute Gasteiger partial charge is 0.325 e. The lowest BCUT2D eigenvalue weighted by atomic mass is 10.1. The number of hydrogen-bond acceptors (Lipinski definition) is 3. The summed E-state index contributed by atoms with van der Waals surface area (Å²) in [6.45, 7) is -0.0719. The minimum atomic E-state index is -2.62. The van der Waals surface area contributed by atoms with E-state index in [4.69, 9.17) is 11.0 Å². The molecule has 3 nitrogen and oxygen atoms in total. The maximum absolute atomic E-state index is 12.6. The maximum Gasteiger partial charge on any atom is 0.266 e. The van der Waals surface area contributed by atoms with Gasteiger partial charge in [-0.3, -0.25) is 4.98 Å². The molecule has 0 saturated carbocycles. The van der Waals surface area contributed by atoms with Crippen molar-refractivity contribution in [2.75, 3.05) is 0 Å². The molecule has 0 bridgehead atoms. The molecule has 0 amide bonds. The van der Waals surface area contributed by atoms with E-state index in [-0.39, 0.29) is 28.7 Å². The molecule has 0 radical (unpaired) electrons. The molecule has 1 rings (SSSR count). The molecule has 0 aliphatic heterocycles. The van der Waals surface area contributed by atoms with Gasteiger partial charge in [0.15, 0.2) is 0 Å². The third-order valence-corrected chi connectivity index (χ3v) is 2.47. The normalized spacial score (nSPS) is 10.4. The highest BCUT2D eigenvalue weighted by atomic mass is 79.9. The molecule has 0 fully saturated rings. The number of halogens is 3. The molecule has 0 spiro atoms. The summed E-state index contributed by atoms with van der Waals surface area (Å²) < 4.78 is 25.5. The fourth-order valence-corrected chi connectivity index (χ4v) is 1.85. The molecule has 1 aromatic heterocycles. The summed E-state index contributed by atoms with van der Waals surface area (Å²) in [7, 11) is 0. The highest BCUT2D eigenvalue weighted by Gasteiger charge is 2.18. The highest BCUT2D eigenvalue weighted by Crippen LogP contribution is 2.30. The molecular formula is C9H8BrF2N3. The Morgan fingerprint density at radius 2 is 2.27 bits per heavy atom. The average molecular weight is 276 g/mol. The van der Waals surface area contributed by atoms with Crippen LogP contribution in [-0.4, -0.2) is 4.98 Å². The fourth-order valence-electron chi connectivity index (χ4n) is 1.19. The van der Waals surface area contributed by atoms with Crippen LogP contribution in [0.15, 0.2) is 10.5 Å². The van der Waals surface area contributed by atoms with Crippen molar-refractivity contribution < 1.29 is 8.78 Å². The van der Waals surface area contributed by atoms with Gasteiger partial charge in [0, 0.05) is 11.0 Å². The first-order valence-electron chi connectivity index (χ1n) is 4.13. The van der Waals surface area contributed by atoms with E-state index in [1.165, 1.54) is 6.07 Å². The van der Waals surface area contributed by atoms with Crippen molar-refractivity contribution in [1.29, 1.82) is 5.26 Å². The van der Waals surface area contributed by atoms with E-state index in [1.54, 1.807) is 0 Å². The third-order valence-electron chi connectivity index (χ3n) is 1.81. The van der Waals surface area contributed by atoms with E-state index in [2.05, 4.69) is 20.9 Å². The third kappa shape index (κ3) is 2.70. The second kappa shape index (κ2) is 5.14. The summed E-state index contributed by atoms with van der Waals surface area (Å²) >= 11 is 3.02. The van der Waals surface area contributed by atoms with Gasteiger partial charge in [-0.25, -0.2) is 8.78 Å². The Labute approximate surface area is 94.0 Å². The van der Waals surface area contributed by atoms with Crippen LogP contribution < -0.4 is 5.73 Å². The Morgan fingerprint density at radius 1 is 1.60 bits per heavy atom. The summed E-state index contributed by atoms with van der Waals surface area (Å²) in [5.41, 5.74) is 5.70. The van der Waals surface area contributed by atoms with E-state index < -0.39 is 6.43 Å². The van der Waals surface area contributed by atoms with Crippen LogP contribution in [0.25, 0.3) is 0 Å². The molecule has 1 aromatic rings. The number of pyridine rings is 1. The number of hydrogen-bond donors (Lipinski definition) is 1. The molecule has 2 N–H and O–H groups in total. The Hall–Kier alpha value is -1.06. The lowest BCUT2D eigenvalue weighted by Gasteiger charge is -2.09. The van der Waals surface area contributed by atoms with Crippen molar-refractivity contribution in [2.24, 2.45) is 5.73 Å². The minimum absolute atomic E-state index is 0.0719. The monoisotopic (exact) mass is 275 g/mol. The quantitative estimate of drug-likeness (QED) is 0.921. The molecule has 80 valence electrons. The van der Waals surface area contributed by atoms with Crippen molar-refractivity contribution in [2.45, 2.75) is 19.4 Å². The summed E-state index contributed by atoms with van der Waals surface area (Å²) in [5.74, 6) is 0. The Kier molecular flexibility index (Phi) is 4.12. The summed E-state index contributed by atoms with van der Waals surface area (Å²) in [6, 6.07) is 3.32. The van der Waals surface area contributed by atoms with Gasteiger partial charge in [-0.15, -0.1) is 0 Å². The number of nitrogens with two attached hydrogens (primary N) is 1. The molecule has 0 atom stereocenters. The first-order valence-corrected chi connectivity index (χ1v) is 4.92. The van der Waals surface area contributed by atoms with Gasteiger partial charge in [0.25, 0.3) is 6.43 Å². The Bertz CT molecular complexity index is 401. The van der Waals surface area contributed by atoms with Gasteiger partial charge in [0.2, 0.25) is 0 Å². The topological polar surface area (TPSA) is 62.7 Å². The number of rotatable bonds is 3. The predicted molar refractivity (Wildman–Crippen MR) is 54.1 cm³/mol. The van der Waals surface area contributed by atoms with Crippen molar-refractivity contribution in [3.05, 3.63) is 27.5 Å². The lowest BCUT2D eigenvalue weighted by molar-refractivity contribution is 0.148. The smallest absolute Gasteiger partial charge is 0.266 e. The van der Waals surface area contributed by atoms with Crippen LogP contribution in [0.5, 0.6) is 0 Å².